The van der Waals surface area contributed by atoms with Crippen LogP contribution in [0.2, 0.25) is 0 Å². The largest absolute Gasteiger partial charge is 0.303 e. The lowest BCUT2D eigenvalue weighted by Crippen LogP contribution is -2.08. The van der Waals surface area contributed by atoms with Crippen molar-refractivity contribution in [3.8, 4) is 0 Å². The maximum atomic E-state index is 12.2. The molecule has 0 aliphatic carbocycles. The molecule has 0 aliphatic rings. The lowest BCUT2D eigenvalue weighted by Gasteiger charge is -2.13. The van der Waals surface area contributed by atoms with Gasteiger partial charge in [0.25, 0.3) is 0 Å². The summed E-state index contributed by atoms with van der Waals surface area (Å²) < 4.78 is 0. The number of carbonyl (C=O) groups is 2. The van der Waals surface area contributed by atoms with Crippen LogP contribution in [0.5, 0.6) is 0 Å². The topological polar surface area (TPSA) is 34.1 Å². The van der Waals surface area contributed by atoms with E-state index in [-0.39, 0.29) is 11.7 Å². The van der Waals surface area contributed by atoms with Crippen LogP contribution >= 0.6 is 0 Å². The number of benzene rings is 2. The van der Waals surface area contributed by atoms with Crippen molar-refractivity contribution in [3.05, 3.63) is 71.8 Å². The number of aldehydes is 1. The Hall–Kier alpha value is -2.22. The number of ketones is 1. The molecule has 0 saturated carbocycles. The zero-order valence-corrected chi connectivity index (χ0v) is 10.7. The number of carbonyl (C=O) groups excluding carboxylic acids is 2. The molecule has 2 nitrogen and oxygen atoms in total. The van der Waals surface area contributed by atoms with Gasteiger partial charge < -0.3 is 4.79 Å². The average Bonchev–Trinajstić information content (AvgIpc) is 2.48. The molecular weight excluding hydrogens is 236 g/mol. The van der Waals surface area contributed by atoms with Crippen LogP contribution in [0, 0.1) is 0 Å². The average molecular weight is 252 g/mol. The molecule has 2 aromatic rings. The molecule has 0 radical (unpaired) electrons. The SMILES string of the molecule is O=CCC(CC(=O)c1ccccc1)c1ccccc1. The third-order valence-electron chi connectivity index (χ3n) is 3.18. The molecule has 0 spiro atoms. The predicted octanol–water partition coefficient (Wildman–Crippen LogP) is 3.63. The highest BCUT2D eigenvalue weighted by molar-refractivity contribution is 5.96. The first-order valence-electron chi connectivity index (χ1n) is 6.38. The van der Waals surface area contributed by atoms with Crippen molar-refractivity contribution in [2.24, 2.45) is 0 Å². The molecule has 1 unspecified atom stereocenters. The van der Waals surface area contributed by atoms with E-state index in [1.807, 2.05) is 60.7 Å². The second-order valence-electron chi connectivity index (χ2n) is 4.50. The predicted molar refractivity (Wildman–Crippen MR) is 75.3 cm³/mol. The Morgan fingerprint density at radius 3 is 2.11 bits per heavy atom. The molecule has 0 saturated heterocycles. The summed E-state index contributed by atoms with van der Waals surface area (Å²) in [5.74, 6) is 0.0442. The van der Waals surface area contributed by atoms with E-state index in [0.29, 0.717) is 18.4 Å². The van der Waals surface area contributed by atoms with Crippen molar-refractivity contribution in [1.29, 1.82) is 0 Å². The molecule has 96 valence electrons. The zero-order valence-electron chi connectivity index (χ0n) is 10.7. The van der Waals surface area contributed by atoms with Crippen LogP contribution < -0.4 is 0 Å². The van der Waals surface area contributed by atoms with Crippen LogP contribution in [0.25, 0.3) is 0 Å². The summed E-state index contributed by atoms with van der Waals surface area (Å²) in [7, 11) is 0. The van der Waals surface area contributed by atoms with Gasteiger partial charge in [-0.3, -0.25) is 4.79 Å². The van der Waals surface area contributed by atoms with Crippen molar-refractivity contribution in [3.63, 3.8) is 0 Å². The lowest BCUT2D eigenvalue weighted by molar-refractivity contribution is -0.108. The van der Waals surface area contributed by atoms with Crippen LogP contribution in [-0.4, -0.2) is 12.1 Å². The molecule has 0 heterocycles. The van der Waals surface area contributed by atoms with E-state index in [1.54, 1.807) is 0 Å². The second kappa shape index (κ2) is 6.64. The highest BCUT2D eigenvalue weighted by Crippen LogP contribution is 2.24. The highest BCUT2D eigenvalue weighted by atomic mass is 16.1. The van der Waals surface area contributed by atoms with E-state index in [2.05, 4.69) is 0 Å². The van der Waals surface area contributed by atoms with E-state index in [4.69, 9.17) is 0 Å². The Morgan fingerprint density at radius 1 is 0.947 bits per heavy atom. The van der Waals surface area contributed by atoms with Crippen molar-refractivity contribution in [2.45, 2.75) is 18.8 Å². The minimum Gasteiger partial charge on any atom is -0.303 e. The van der Waals surface area contributed by atoms with E-state index >= 15 is 0 Å². The third kappa shape index (κ3) is 3.62. The fraction of sp³-hybridized carbons (Fsp3) is 0.176. The summed E-state index contributed by atoms with van der Waals surface area (Å²) >= 11 is 0. The summed E-state index contributed by atoms with van der Waals surface area (Å²) in [6.45, 7) is 0. The summed E-state index contributed by atoms with van der Waals surface area (Å²) in [6, 6.07) is 18.9. The van der Waals surface area contributed by atoms with E-state index in [9.17, 15) is 9.59 Å². The number of Topliss-reactive ketones (excluding diaryl/α,β-unsaturated/α-hetero) is 1. The van der Waals surface area contributed by atoms with Crippen LogP contribution in [0.1, 0.15) is 34.7 Å². The Labute approximate surface area is 113 Å². The molecular formula is C17H16O2. The normalized spacial score (nSPS) is 11.8. The minimum atomic E-state index is -0.0357. The molecule has 0 amide bonds. The van der Waals surface area contributed by atoms with Gasteiger partial charge in [0.15, 0.2) is 5.78 Å². The van der Waals surface area contributed by atoms with Crippen LogP contribution in [0.3, 0.4) is 0 Å². The van der Waals surface area contributed by atoms with Gasteiger partial charge in [-0.2, -0.15) is 0 Å². The van der Waals surface area contributed by atoms with Crippen molar-refractivity contribution in [1.82, 2.24) is 0 Å². The molecule has 0 fully saturated rings. The minimum absolute atomic E-state index is 0.0357. The van der Waals surface area contributed by atoms with Crippen molar-refractivity contribution >= 4 is 12.1 Å². The van der Waals surface area contributed by atoms with E-state index in [0.717, 1.165) is 11.8 Å². The quantitative estimate of drug-likeness (QED) is 0.581. The summed E-state index contributed by atoms with van der Waals surface area (Å²) in [5, 5.41) is 0. The summed E-state index contributed by atoms with van der Waals surface area (Å²) in [5.41, 5.74) is 1.74. The smallest absolute Gasteiger partial charge is 0.163 e. The zero-order chi connectivity index (χ0) is 13.5. The van der Waals surface area contributed by atoms with Crippen LogP contribution in [-0.2, 0) is 4.79 Å². The number of rotatable bonds is 6. The van der Waals surface area contributed by atoms with E-state index < -0.39 is 0 Å². The monoisotopic (exact) mass is 252 g/mol. The first-order chi connectivity index (χ1) is 9.31. The Bertz CT molecular complexity index is 532. The summed E-state index contributed by atoms with van der Waals surface area (Å²) in [4.78, 5) is 23.0. The first-order valence-corrected chi connectivity index (χ1v) is 6.38. The maximum absolute atomic E-state index is 12.2. The van der Waals surface area contributed by atoms with Crippen molar-refractivity contribution < 1.29 is 9.59 Å². The fourth-order valence-corrected chi connectivity index (χ4v) is 2.14. The molecule has 1 atom stereocenters. The Balaban J connectivity index is 2.14. The van der Waals surface area contributed by atoms with Gasteiger partial charge in [0.1, 0.15) is 6.29 Å². The van der Waals surface area contributed by atoms with Gasteiger partial charge in [-0.25, -0.2) is 0 Å². The molecule has 0 aromatic heterocycles. The van der Waals surface area contributed by atoms with Gasteiger partial charge in [-0.05, 0) is 11.5 Å². The molecule has 2 rings (SSSR count). The van der Waals surface area contributed by atoms with E-state index in [1.165, 1.54) is 0 Å². The number of hydrogen-bond acceptors (Lipinski definition) is 2. The fourth-order valence-electron chi connectivity index (χ4n) is 2.14. The van der Waals surface area contributed by atoms with Gasteiger partial charge in [0, 0.05) is 18.4 Å². The standard InChI is InChI=1S/C17H16O2/c18-12-11-16(14-7-3-1-4-8-14)13-17(19)15-9-5-2-6-10-15/h1-10,12,16H,11,13H2. The van der Waals surface area contributed by atoms with Crippen LogP contribution in [0.4, 0.5) is 0 Å². The Morgan fingerprint density at radius 2 is 1.53 bits per heavy atom. The molecule has 0 aliphatic heterocycles. The van der Waals surface area contributed by atoms with Gasteiger partial charge in [0.05, 0.1) is 0 Å². The molecule has 2 heteroatoms. The second-order valence-corrected chi connectivity index (χ2v) is 4.50. The van der Waals surface area contributed by atoms with Crippen molar-refractivity contribution in [2.75, 3.05) is 0 Å². The molecule has 2 aromatic carbocycles. The summed E-state index contributed by atoms with van der Waals surface area (Å²) in [6.07, 6.45) is 1.63. The van der Waals surface area contributed by atoms with Gasteiger partial charge in [-0.15, -0.1) is 0 Å². The van der Waals surface area contributed by atoms with Gasteiger partial charge in [-0.1, -0.05) is 60.7 Å². The third-order valence-corrected chi connectivity index (χ3v) is 3.18. The molecule has 0 N–H and O–H groups in total. The van der Waals surface area contributed by atoms with Gasteiger partial charge >= 0.3 is 0 Å². The Kier molecular flexibility index (Phi) is 4.62. The highest BCUT2D eigenvalue weighted by Gasteiger charge is 2.16. The number of hydrogen-bond donors (Lipinski definition) is 0. The molecule has 19 heavy (non-hydrogen) atoms. The lowest BCUT2D eigenvalue weighted by atomic mass is 9.89. The maximum Gasteiger partial charge on any atom is 0.163 e. The van der Waals surface area contributed by atoms with Gasteiger partial charge in [0.2, 0.25) is 0 Å². The first kappa shape index (κ1) is 13.2. The molecule has 0 bridgehead atoms. The van der Waals surface area contributed by atoms with Crippen LogP contribution in [0.15, 0.2) is 60.7 Å².